The van der Waals surface area contributed by atoms with Crippen molar-refractivity contribution in [3.63, 3.8) is 0 Å². The van der Waals surface area contributed by atoms with Crippen LogP contribution in [0, 0.1) is 6.07 Å². The normalized spacial score (nSPS) is 11.6. The van der Waals surface area contributed by atoms with Crippen molar-refractivity contribution in [2.75, 3.05) is 0 Å². The number of hydrogen-bond donors (Lipinski definition) is 1. The van der Waals surface area contributed by atoms with Gasteiger partial charge in [0.15, 0.2) is 5.78 Å². The Morgan fingerprint density at radius 2 is 1.68 bits per heavy atom. The number of rotatable bonds is 4. The zero-order valence-electron chi connectivity index (χ0n) is 22.0. The van der Waals surface area contributed by atoms with Crippen molar-refractivity contribution < 1.29 is 34.4 Å². The number of allylic oxidation sites excluding steroid dienone is 2. The smallest absolute Gasteiger partial charge is 0.155 e. The van der Waals surface area contributed by atoms with Gasteiger partial charge in [-0.2, -0.15) is 0 Å². The summed E-state index contributed by atoms with van der Waals surface area (Å²) in [5.74, 6) is 0.802. The zero-order chi connectivity index (χ0) is 26.0. The van der Waals surface area contributed by atoms with Gasteiger partial charge >= 0.3 is 0 Å². The summed E-state index contributed by atoms with van der Waals surface area (Å²) in [6, 6.07) is 22.8. The molecule has 1 N–H and O–H groups in total. The van der Waals surface area contributed by atoms with Crippen molar-refractivity contribution in [1.29, 1.82) is 0 Å². The number of para-hydroxylation sites is 1. The Kier molecular flexibility index (Phi) is 9.07. The van der Waals surface area contributed by atoms with E-state index < -0.39 is 0 Å². The molecule has 0 amide bonds. The predicted molar refractivity (Wildman–Crippen MR) is 149 cm³/mol. The number of aliphatic hydroxyl groups is 1. The first kappa shape index (κ1) is 28.3. The SMILES string of the molecule is CC(=O)/C=C(/C)O.CC(C)c1[c-]c(-c2nccc3cc(C(C)C)ccc23)c2oc3ccccc3c2c1.[Ir]. The maximum absolute atomic E-state index is 10.0. The van der Waals surface area contributed by atoms with E-state index in [0.29, 0.717) is 11.8 Å². The van der Waals surface area contributed by atoms with Crippen LogP contribution < -0.4 is 0 Å². The number of pyridine rings is 1. The van der Waals surface area contributed by atoms with Crippen LogP contribution in [0.5, 0.6) is 0 Å². The fourth-order valence-electron chi connectivity index (χ4n) is 4.31. The first-order chi connectivity index (χ1) is 17.2. The Hall–Kier alpha value is -3.27. The van der Waals surface area contributed by atoms with Gasteiger partial charge in [0.2, 0.25) is 0 Å². The van der Waals surface area contributed by atoms with E-state index in [0.717, 1.165) is 38.6 Å². The van der Waals surface area contributed by atoms with Gasteiger partial charge in [0.05, 0.1) is 11.3 Å². The molecule has 0 bridgehead atoms. The van der Waals surface area contributed by atoms with Crippen molar-refractivity contribution >= 4 is 38.5 Å². The molecule has 5 aromatic rings. The first-order valence-electron chi connectivity index (χ1n) is 12.3. The molecule has 1 radical (unpaired) electrons. The van der Waals surface area contributed by atoms with Crippen LogP contribution in [-0.4, -0.2) is 15.9 Å². The number of aliphatic hydroxyl groups excluding tert-OH is 1. The van der Waals surface area contributed by atoms with E-state index in [1.54, 1.807) is 0 Å². The van der Waals surface area contributed by atoms with Gasteiger partial charge in [-0.1, -0.05) is 75.0 Å². The maximum Gasteiger partial charge on any atom is 0.155 e. The molecule has 0 unspecified atom stereocenters. The second-order valence-corrected chi connectivity index (χ2v) is 9.79. The molecule has 0 saturated carbocycles. The summed E-state index contributed by atoms with van der Waals surface area (Å²) in [5.41, 5.74) is 6.17. The van der Waals surface area contributed by atoms with Gasteiger partial charge in [0.1, 0.15) is 5.58 Å². The second kappa shape index (κ2) is 11.9. The summed E-state index contributed by atoms with van der Waals surface area (Å²) in [5, 5.41) is 13.0. The first-order valence-corrected chi connectivity index (χ1v) is 12.3. The third-order valence-electron chi connectivity index (χ3n) is 6.16. The van der Waals surface area contributed by atoms with E-state index in [4.69, 9.17) is 14.5 Å². The van der Waals surface area contributed by atoms with Gasteiger partial charge in [-0.05, 0) is 59.8 Å². The number of nitrogens with zero attached hydrogens (tertiary/aromatic N) is 1. The summed E-state index contributed by atoms with van der Waals surface area (Å²) in [6.45, 7) is 11.7. The third-order valence-corrected chi connectivity index (χ3v) is 6.16. The van der Waals surface area contributed by atoms with Gasteiger partial charge in [0.25, 0.3) is 0 Å². The molecule has 193 valence electrons. The predicted octanol–water partition coefficient (Wildman–Crippen LogP) is 8.88. The van der Waals surface area contributed by atoms with E-state index in [1.807, 2.05) is 18.3 Å². The average Bonchev–Trinajstić information content (AvgIpc) is 3.21. The molecule has 5 heteroatoms. The Morgan fingerprint density at radius 3 is 2.30 bits per heavy atom. The molecule has 0 fully saturated rings. The fraction of sp³-hybridized carbons (Fsp3) is 0.250. The Bertz CT molecular complexity index is 1590. The second-order valence-electron chi connectivity index (χ2n) is 9.79. The van der Waals surface area contributed by atoms with Crippen LogP contribution in [0.2, 0.25) is 0 Å². The monoisotopic (exact) mass is 671 g/mol. The molecule has 0 aliphatic carbocycles. The summed E-state index contributed by atoms with van der Waals surface area (Å²) < 4.78 is 6.31. The molecule has 0 atom stereocenters. The van der Waals surface area contributed by atoms with Crippen LogP contribution in [0.25, 0.3) is 44.0 Å². The van der Waals surface area contributed by atoms with Crippen LogP contribution in [-0.2, 0) is 24.9 Å². The fourth-order valence-corrected chi connectivity index (χ4v) is 4.31. The molecule has 0 aliphatic heterocycles. The number of fused-ring (bicyclic) bond motifs is 4. The van der Waals surface area contributed by atoms with Crippen LogP contribution in [0.15, 0.2) is 77.0 Å². The summed E-state index contributed by atoms with van der Waals surface area (Å²) >= 11 is 0. The molecule has 0 spiro atoms. The molecule has 0 saturated heterocycles. The Balaban J connectivity index is 0.000000422. The molecule has 5 rings (SSSR count). The van der Waals surface area contributed by atoms with Gasteiger partial charge in [-0.15, -0.1) is 17.7 Å². The number of hydrogen-bond acceptors (Lipinski definition) is 4. The number of carbonyl (C=O) groups excluding carboxylic acids is 1. The van der Waals surface area contributed by atoms with Gasteiger partial charge in [0, 0.05) is 37.8 Å². The summed E-state index contributed by atoms with van der Waals surface area (Å²) in [7, 11) is 0. The minimum Gasteiger partial charge on any atom is -0.512 e. The maximum atomic E-state index is 10.0. The van der Waals surface area contributed by atoms with Gasteiger partial charge < -0.3 is 14.5 Å². The van der Waals surface area contributed by atoms with Crippen molar-refractivity contribution in [3.05, 3.63) is 89.8 Å². The molecule has 0 aliphatic rings. The number of furan rings is 1. The van der Waals surface area contributed by atoms with Crippen LogP contribution in [0.1, 0.15) is 64.5 Å². The van der Waals surface area contributed by atoms with Crippen LogP contribution in [0.3, 0.4) is 0 Å². The standard InChI is InChI=1S/C27H24NO.C5H8O2.Ir/c1-16(2)18-9-10-21-19(13-18)11-12-28-26(21)24-15-20(17(3)4)14-23-22-7-5-6-8-25(22)29-27(23)24;1-4(6)3-5(2)7;/h5-14,16-17H,1-4H3;3,6H,1-2H3;/q-1;;/b;4-3-;. The van der Waals surface area contributed by atoms with Crippen molar-refractivity contribution in [2.45, 2.75) is 53.4 Å². The molecular weight excluding hydrogens is 639 g/mol. The van der Waals surface area contributed by atoms with Crippen molar-refractivity contribution in [2.24, 2.45) is 0 Å². The van der Waals surface area contributed by atoms with Gasteiger partial charge in [-0.25, -0.2) is 0 Å². The third kappa shape index (κ3) is 6.18. The van der Waals surface area contributed by atoms with E-state index in [1.165, 1.54) is 36.4 Å². The Labute approximate surface area is 231 Å². The number of aromatic nitrogens is 1. The van der Waals surface area contributed by atoms with Gasteiger partial charge in [-0.3, -0.25) is 4.79 Å². The number of ketones is 1. The largest absolute Gasteiger partial charge is 0.512 e. The number of benzene rings is 3. The quantitative estimate of drug-likeness (QED) is 0.118. The van der Waals surface area contributed by atoms with E-state index in [9.17, 15) is 4.79 Å². The summed E-state index contributed by atoms with van der Waals surface area (Å²) in [6.07, 6.45) is 3.06. The zero-order valence-corrected chi connectivity index (χ0v) is 24.4. The minimum absolute atomic E-state index is 0. The number of carbonyl (C=O) groups is 1. The van der Waals surface area contributed by atoms with Crippen LogP contribution in [0.4, 0.5) is 0 Å². The average molecular weight is 671 g/mol. The molecule has 2 aromatic heterocycles. The van der Waals surface area contributed by atoms with Crippen LogP contribution >= 0.6 is 0 Å². The molecule has 2 heterocycles. The molecule has 4 nitrogen and oxygen atoms in total. The van der Waals surface area contributed by atoms with Crippen molar-refractivity contribution in [1.82, 2.24) is 4.98 Å². The molecule has 37 heavy (non-hydrogen) atoms. The van der Waals surface area contributed by atoms with E-state index in [2.05, 4.69) is 76.2 Å². The minimum atomic E-state index is -0.125. The molecular formula is C32H32IrNO3-. The summed E-state index contributed by atoms with van der Waals surface area (Å²) in [4.78, 5) is 14.8. The molecule has 3 aromatic carbocycles. The Morgan fingerprint density at radius 1 is 0.946 bits per heavy atom. The van der Waals surface area contributed by atoms with Crippen molar-refractivity contribution in [3.8, 4) is 11.3 Å². The van der Waals surface area contributed by atoms with E-state index >= 15 is 0 Å². The van der Waals surface area contributed by atoms with E-state index in [-0.39, 0.29) is 31.6 Å². The topological polar surface area (TPSA) is 63.3 Å².